The number of rotatable bonds is 11. The van der Waals surface area contributed by atoms with Crippen molar-refractivity contribution >= 4 is 0 Å². The number of benzene rings is 1. The maximum atomic E-state index is 5.74. The van der Waals surface area contributed by atoms with Crippen LogP contribution in [0.2, 0.25) is 0 Å². The summed E-state index contributed by atoms with van der Waals surface area (Å²) in [7, 11) is 0. The van der Waals surface area contributed by atoms with Crippen LogP contribution in [0.4, 0.5) is 0 Å². The van der Waals surface area contributed by atoms with E-state index in [1.807, 2.05) is 12.1 Å². The summed E-state index contributed by atoms with van der Waals surface area (Å²) in [5.74, 6) is 0.978. The lowest BCUT2D eigenvalue weighted by atomic mass is 10.1. The predicted molar refractivity (Wildman–Crippen MR) is 82.7 cm³/mol. The minimum atomic E-state index is 0.707. The van der Waals surface area contributed by atoms with Crippen LogP contribution in [0.3, 0.4) is 0 Å². The van der Waals surface area contributed by atoms with Crippen LogP contribution >= 0.6 is 0 Å². The molecule has 2 nitrogen and oxygen atoms in total. The molecule has 0 aromatic heterocycles. The smallest absolute Gasteiger partial charge is 0.119 e. The summed E-state index contributed by atoms with van der Waals surface area (Å²) in [4.78, 5) is 0. The first-order valence-electron chi connectivity index (χ1n) is 7.78. The van der Waals surface area contributed by atoms with Crippen LogP contribution in [0.25, 0.3) is 0 Å². The maximum absolute atomic E-state index is 5.74. The van der Waals surface area contributed by atoms with Gasteiger partial charge >= 0.3 is 0 Å². The Morgan fingerprint density at radius 1 is 0.895 bits per heavy atom. The minimum Gasteiger partial charge on any atom is -0.494 e. The molecule has 2 N–H and O–H groups in total. The fourth-order valence-electron chi connectivity index (χ4n) is 2.17. The van der Waals surface area contributed by atoms with E-state index in [-0.39, 0.29) is 0 Å². The van der Waals surface area contributed by atoms with Gasteiger partial charge in [-0.3, -0.25) is 0 Å². The van der Waals surface area contributed by atoms with Gasteiger partial charge in [0.05, 0.1) is 6.61 Å². The van der Waals surface area contributed by atoms with Gasteiger partial charge in [0.2, 0.25) is 0 Å². The zero-order valence-electron chi connectivity index (χ0n) is 12.4. The average Bonchev–Trinajstić information content (AvgIpc) is 2.44. The Hall–Kier alpha value is -1.02. The Morgan fingerprint density at radius 3 is 2.16 bits per heavy atom. The molecule has 0 saturated heterocycles. The first kappa shape index (κ1) is 16.0. The number of hydrogen-bond acceptors (Lipinski definition) is 2. The second kappa shape index (κ2) is 10.9. The van der Waals surface area contributed by atoms with Crippen molar-refractivity contribution in [3.63, 3.8) is 0 Å². The largest absolute Gasteiger partial charge is 0.494 e. The fourth-order valence-corrected chi connectivity index (χ4v) is 2.17. The highest BCUT2D eigenvalue weighted by molar-refractivity contribution is 5.27. The molecule has 0 aliphatic heterocycles. The average molecular weight is 263 g/mol. The van der Waals surface area contributed by atoms with Crippen LogP contribution in [-0.2, 0) is 6.42 Å². The van der Waals surface area contributed by atoms with Crippen molar-refractivity contribution < 1.29 is 4.74 Å². The van der Waals surface area contributed by atoms with Gasteiger partial charge in [0.1, 0.15) is 5.75 Å². The van der Waals surface area contributed by atoms with Crippen molar-refractivity contribution in [2.45, 2.75) is 58.3 Å². The van der Waals surface area contributed by atoms with Crippen molar-refractivity contribution in [2.24, 2.45) is 5.73 Å². The Labute approximate surface area is 118 Å². The van der Waals surface area contributed by atoms with Gasteiger partial charge in [0.25, 0.3) is 0 Å². The molecule has 0 aliphatic carbocycles. The number of unbranched alkanes of at least 4 members (excludes halogenated alkanes) is 6. The standard InChI is InChI=1S/C17H29NO/c1-2-3-4-5-6-7-8-15-19-17-11-9-16(10-12-17)13-14-18/h9-12H,2-8,13-15,18H2,1H3. The van der Waals surface area contributed by atoms with Crippen molar-refractivity contribution in [1.29, 1.82) is 0 Å². The third-order valence-corrected chi connectivity index (χ3v) is 3.37. The summed E-state index contributed by atoms with van der Waals surface area (Å²) in [5.41, 5.74) is 6.81. The van der Waals surface area contributed by atoms with Crippen molar-refractivity contribution in [2.75, 3.05) is 13.2 Å². The molecule has 19 heavy (non-hydrogen) atoms. The Kier molecular flexibility index (Phi) is 9.17. The van der Waals surface area contributed by atoms with Crippen LogP contribution in [0.15, 0.2) is 24.3 Å². The maximum Gasteiger partial charge on any atom is 0.119 e. The minimum absolute atomic E-state index is 0.707. The first-order valence-corrected chi connectivity index (χ1v) is 7.78. The van der Waals surface area contributed by atoms with Crippen LogP contribution < -0.4 is 10.5 Å². The summed E-state index contributed by atoms with van der Waals surface area (Å²) < 4.78 is 5.74. The summed E-state index contributed by atoms with van der Waals surface area (Å²) in [6.45, 7) is 3.80. The quantitative estimate of drug-likeness (QED) is 0.604. The SMILES string of the molecule is CCCCCCCCCOc1ccc(CCN)cc1. The highest BCUT2D eigenvalue weighted by Gasteiger charge is 1.96. The first-order chi connectivity index (χ1) is 9.36. The Morgan fingerprint density at radius 2 is 1.53 bits per heavy atom. The predicted octanol–water partition coefficient (Wildman–Crippen LogP) is 4.32. The molecular weight excluding hydrogens is 234 g/mol. The molecular formula is C17H29NO. The van der Waals surface area contributed by atoms with Gasteiger partial charge in [-0.25, -0.2) is 0 Å². The molecule has 108 valence electrons. The molecule has 1 rings (SSSR count). The van der Waals surface area contributed by atoms with Gasteiger partial charge in [0.15, 0.2) is 0 Å². The zero-order chi connectivity index (χ0) is 13.8. The van der Waals surface area contributed by atoms with Crippen LogP contribution in [0, 0.1) is 0 Å². The fraction of sp³-hybridized carbons (Fsp3) is 0.647. The van der Waals surface area contributed by atoms with E-state index >= 15 is 0 Å². The molecule has 0 fully saturated rings. The zero-order valence-corrected chi connectivity index (χ0v) is 12.4. The van der Waals surface area contributed by atoms with E-state index in [9.17, 15) is 0 Å². The highest BCUT2D eigenvalue weighted by Crippen LogP contribution is 2.13. The topological polar surface area (TPSA) is 35.2 Å². The summed E-state index contributed by atoms with van der Waals surface area (Å²) in [5, 5.41) is 0. The van der Waals surface area contributed by atoms with Crippen LogP contribution in [-0.4, -0.2) is 13.2 Å². The summed E-state index contributed by atoms with van der Waals surface area (Å²) in [6, 6.07) is 8.30. The van der Waals surface area contributed by atoms with E-state index in [2.05, 4.69) is 19.1 Å². The lowest BCUT2D eigenvalue weighted by Crippen LogP contribution is -2.02. The van der Waals surface area contributed by atoms with Crippen LogP contribution in [0.5, 0.6) is 5.75 Å². The molecule has 2 heteroatoms. The van der Waals surface area contributed by atoms with Gasteiger partial charge in [-0.15, -0.1) is 0 Å². The molecule has 0 atom stereocenters. The van der Waals surface area contributed by atoms with Gasteiger partial charge in [-0.05, 0) is 37.1 Å². The summed E-state index contributed by atoms with van der Waals surface area (Å²) in [6.07, 6.45) is 10.2. The van der Waals surface area contributed by atoms with E-state index in [1.165, 1.54) is 44.1 Å². The molecule has 0 amide bonds. The molecule has 0 heterocycles. The van der Waals surface area contributed by atoms with Crippen molar-refractivity contribution in [1.82, 2.24) is 0 Å². The molecule has 1 aromatic carbocycles. The second-order valence-electron chi connectivity index (χ2n) is 5.15. The van der Waals surface area contributed by atoms with Crippen molar-refractivity contribution in [3.05, 3.63) is 29.8 Å². The Balaban J connectivity index is 2.02. The third kappa shape index (κ3) is 7.89. The normalized spacial score (nSPS) is 10.6. The lowest BCUT2D eigenvalue weighted by Gasteiger charge is -2.07. The number of nitrogens with two attached hydrogens (primary N) is 1. The summed E-state index contributed by atoms with van der Waals surface area (Å²) >= 11 is 0. The number of hydrogen-bond donors (Lipinski definition) is 1. The van der Waals surface area contributed by atoms with Gasteiger partial charge < -0.3 is 10.5 Å². The molecule has 0 radical (unpaired) electrons. The van der Waals surface area contributed by atoms with E-state index < -0.39 is 0 Å². The third-order valence-electron chi connectivity index (χ3n) is 3.37. The van der Waals surface area contributed by atoms with Crippen LogP contribution in [0.1, 0.15) is 57.4 Å². The molecule has 0 spiro atoms. The van der Waals surface area contributed by atoms with E-state index in [0.717, 1.165) is 25.2 Å². The van der Waals surface area contributed by atoms with Gasteiger partial charge in [-0.1, -0.05) is 57.6 Å². The lowest BCUT2D eigenvalue weighted by molar-refractivity contribution is 0.304. The van der Waals surface area contributed by atoms with E-state index in [1.54, 1.807) is 0 Å². The van der Waals surface area contributed by atoms with Crippen molar-refractivity contribution in [3.8, 4) is 5.75 Å². The molecule has 1 aromatic rings. The number of ether oxygens (including phenoxy) is 1. The van der Waals surface area contributed by atoms with E-state index in [4.69, 9.17) is 10.5 Å². The van der Waals surface area contributed by atoms with Gasteiger partial charge in [0, 0.05) is 0 Å². The van der Waals surface area contributed by atoms with Gasteiger partial charge in [-0.2, -0.15) is 0 Å². The van der Waals surface area contributed by atoms with E-state index in [0.29, 0.717) is 6.54 Å². The highest BCUT2D eigenvalue weighted by atomic mass is 16.5. The Bertz CT molecular complexity index is 308. The second-order valence-corrected chi connectivity index (χ2v) is 5.15. The molecule has 0 aliphatic rings. The molecule has 0 bridgehead atoms. The monoisotopic (exact) mass is 263 g/mol. The molecule has 0 saturated carbocycles. The molecule has 0 unspecified atom stereocenters.